The van der Waals surface area contributed by atoms with Crippen molar-refractivity contribution in [1.82, 2.24) is 15.2 Å². The second-order valence-corrected chi connectivity index (χ2v) is 10.00. The molecule has 10 heteroatoms. The molecular weight excluding hydrogens is 458 g/mol. The molecule has 3 aromatic carbocycles. The van der Waals surface area contributed by atoms with Crippen LogP contribution in [0.3, 0.4) is 0 Å². The molecule has 1 amide bonds. The number of aromatic amines is 1. The number of sulfonamides is 1. The summed E-state index contributed by atoms with van der Waals surface area (Å²) in [6.07, 6.45) is 1.45. The summed E-state index contributed by atoms with van der Waals surface area (Å²) in [4.78, 5) is 16.8. The van der Waals surface area contributed by atoms with Crippen LogP contribution >= 0.6 is 11.8 Å². The van der Waals surface area contributed by atoms with Crippen molar-refractivity contribution in [2.45, 2.75) is 15.8 Å². The van der Waals surface area contributed by atoms with E-state index in [4.69, 9.17) is 0 Å². The molecule has 0 aliphatic carbocycles. The Kier molecular flexibility index (Phi) is 6.76. The summed E-state index contributed by atoms with van der Waals surface area (Å²) in [6, 6.07) is 22.2. The van der Waals surface area contributed by atoms with E-state index in [1.165, 1.54) is 41.6 Å². The largest absolute Gasteiger partial charge is 0.322 e. The van der Waals surface area contributed by atoms with Crippen molar-refractivity contribution in [1.29, 1.82) is 0 Å². The molecule has 0 spiro atoms. The first kappa shape index (κ1) is 22.6. The Hall–Kier alpha value is -3.63. The average molecular weight is 480 g/mol. The van der Waals surface area contributed by atoms with E-state index in [0.717, 1.165) is 10.7 Å². The van der Waals surface area contributed by atoms with Crippen molar-refractivity contribution in [3.05, 3.63) is 96.3 Å². The molecule has 168 valence electrons. The first-order valence-electron chi connectivity index (χ1n) is 9.96. The fraction of sp³-hybridized carbons (Fsp3) is 0.0870. The van der Waals surface area contributed by atoms with Gasteiger partial charge in [-0.05, 0) is 48.0 Å². The topological polar surface area (TPSA) is 108 Å². The van der Waals surface area contributed by atoms with Crippen LogP contribution in [0.5, 0.6) is 0 Å². The predicted molar refractivity (Wildman–Crippen MR) is 129 cm³/mol. The van der Waals surface area contributed by atoms with Gasteiger partial charge in [0, 0.05) is 24.1 Å². The van der Waals surface area contributed by atoms with Crippen LogP contribution in [-0.4, -0.2) is 36.6 Å². The maximum Gasteiger partial charge on any atom is 0.264 e. The number of nitrogens with one attached hydrogen (secondary N) is 2. The molecule has 4 aromatic rings. The molecule has 2 N–H and O–H groups in total. The predicted octanol–water partition coefficient (Wildman–Crippen LogP) is 4.17. The second kappa shape index (κ2) is 9.88. The number of carbonyl (C=O) groups excluding carboxylic acids is 1. The Morgan fingerprint density at radius 3 is 2.48 bits per heavy atom. The number of amides is 1. The number of aromatic nitrogens is 3. The Labute approximate surface area is 196 Å². The van der Waals surface area contributed by atoms with Gasteiger partial charge in [0.2, 0.25) is 0 Å². The van der Waals surface area contributed by atoms with Crippen molar-refractivity contribution >= 4 is 39.1 Å². The number of anilines is 2. The molecule has 0 aliphatic heterocycles. The first-order chi connectivity index (χ1) is 15.9. The van der Waals surface area contributed by atoms with E-state index in [2.05, 4.69) is 20.5 Å². The quantitative estimate of drug-likeness (QED) is 0.367. The van der Waals surface area contributed by atoms with Gasteiger partial charge in [-0.15, -0.1) is 0 Å². The summed E-state index contributed by atoms with van der Waals surface area (Å²) in [6.45, 7) is 0. The fourth-order valence-corrected chi connectivity index (χ4v) is 5.02. The Bertz CT molecular complexity index is 1330. The third-order valence-corrected chi connectivity index (χ3v) is 7.58. The molecule has 4 rings (SSSR count). The lowest BCUT2D eigenvalue weighted by atomic mass is 10.1. The van der Waals surface area contributed by atoms with Crippen LogP contribution < -0.4 is 9.62 Å². The lowest BCUT2D eigenvalue weighted by molar-refractivity contribution is 0.102. The minimum Gasteiger partial charge on any atom is -0.322 e. The zero-order valence-corrected chi connectivity index (χ0v) is 19.3. The number of benzene rings is 3. The van der Waals surface area contributed by atoms with Gasteiger partial charge in [-0.1, -0.05) is 48.2 Å². The lowest BCUT2D eigenvalue weighted by Gasteiger charge is -2.20. The third kappa shape index (κ3) is 5.41. The van der Waals surface area contributed by atoms with Crippen LogP contribution in [0.4, 0.5) is 11.4 Å². The smallest absolute Gasteiger partial charge is 0.264 e. The Balaban J connectivity index is 1.44. The molecule has 8 nitrogen and oxygen atoms in total. The summed E-state index contributed by atoms with van der Waals surface area (Å²) in [5.41, 5.74) is 2.45. The van der Waals surface area contributed by atoms with Crippen molar-refractivity contribution in [3.8, 4) is 0 Å². The van der Waals surface area contributed by atoms with Crippen LogP contribution in [0, 0.1) is 0 Å². The molecule has 33 heavy (non-hydrogen) atoms. The summed E-state index contributed by atoms with van der Waals surface area (Å²) >= 11 is 1.51. The molecule has 0 unspecified atom stereocenters. The van der Waals surface area contributed by atoms with Gasteiger partial charge in [0.25, 0.3) is 15.9 Å². The Morgan fingerprint density at radius 1 is 1.03 bits per heavy atom. The maximum absolute atomic E-state index is 13.0. The number of hydrogen-bond acceptors (Lipinski definition) is 6. The van der Waals surface area contributed by atoms with Gasteiger partial charge in [-0.2, -0.15) is 5.10 Å². The van der Waals surface area contributed by atoms with Crippen molar-refractivity contribution in [2.75, 3.05) is 16.7 Å². The molecule has 0 saturated heterocycles. The van der Waals surface area contributed by atoms with Gasteiger partial charge >= 0.3 is 0 Å². The summed E-state index contributed by atoms with van der Waals surface area (Å²) < 4.78 is 27.3. The summed E-state index contributed by atoms with van der Waals surface area (Å²) in [5.74, 6) is 0.363. The molecular formula is C23H21N5O3S2. The highest BCUT2D eigenvalue weighted by atomic mass is 32.2. The average Bonchev–Trinajstić information content (AvgIpc) is 3.37. The van der Waals surface area contributed by atoms with Gasteiger partial charge in [0.05, 0.1) is 10.6 Å². The van der Waals surface area contributed by atoms with Crippen LogP contribution in [0.15, 0.2) is 95.2 Å². The molecule has 1 aromatic heterocycles. The summed E-state index contributed by atoms with van der Waals surface area (Å²) in [5, 5.41) is 10.1. The van der Waals surface area contributed by atoms with E-state index < -0.39 is 10.0 Å². The standard InChI is InChI=1S/C23H21N5O3S2/c1-28(20-7-3-2-4-8-20)33(30,31)21-9-5-6-19(14-21)26-22(29)18-12-10-17(11-13-18)15-32-23-24-16-25-27-23/h2-14,16H,15H2,1H3,(H,26,29)(H,24,25,27). The minimum atomic E-state index is -3.78. The van der Waals surface area contributed by atoms with Gasteiger partial charge in [-0.3, -0.25) is 14.2 Å². The first-order valence-corrected chi connectivity index (χ1v) is 12.4. The molecule has 0 atom stereocenters. The number of hydrogen-bond donors (Lipinski definition) is 2. The molecule has 0 bridgehead atoms. The SMILES string of the molecule is CN(c1ccccc1)S(=O)(=O)c1cccc(NC(=O)c2ccc(CSc3ncn[nH]3)cc2)c1. The van der Waals surface area contributed by atoms with Crippen molar-refractivity contribution in [2.24, 2.45) is 0 Å². The van der Waals surface area contributed by atoms with Crippen LogP contribution in [0.1, 0.15) is 15.9 Å². The Morgan fingerprint density at radius 2 is 1.79 bits per heavy atom. The molecule has 0 saturated carbocycles. The van der Waals surface area contributed by atoms with Gasteiger partial charge in [-0.25, -0.2) is 13.4 Å². The van der Waals surface area contributed by atoms with Crippen LogP contribution in [-0.2, 0) is 15.8 Å². The molecule has 1 heterocycles. The summed E-state index contributed by atoms with van der Waals surface area (Å²) in [7, 11) is -2.28. The van der Waals surface area contributed by atoms with E-state index in [-0.39, 0.29) is 10.8 Å². The highest BCUT2D eigenvalue weighted by Crippen LogP contribution is 2.24. The zero-order chi connectivity index (χ0) is 23.3. The zero-order valence-electron chi connectivity index (χ0n) is 17.7. The third-order valence-electron chi connectivity index (χ3n) is 4.85. The van der Waals surface area contributed by atoms with Gasteiger partial charge in [0.15, 0.2) is 5.16 Å². The molecule has 0 radical (unpaired) electrons. The van der Waals surface area contributed by atoms with Crippen LogP contribution in [0.2, 0.25) is 0 Å². The van der Waals surface area contributed by atoms with Crippen LogP contribution in [0.25, 0.3) is 0 Å². The molecule has 0 aliphatic rings. The van der Waals surface area contributed by atoms with E-state index in [1.807, 2.05) is 18.2 Å². The maximum atomic E-state index is 13.0. The number of rotatable bonds is 8. The van der Waals surface area contributed by atoms with E-state index in [0.29, 0.717) is 22.7 Å². The van der Waals surface area contributed by atoms with Gasteiger partial charge < -0.3 is 5.32 Å². The lowest BCUT2D eigenvalue weighted by Crippen LogP contribution is -2.26. The number of carbonyl (C=O) groups is 1. The van der Waals surface area contributed by atoms with E-state index >= 15 is 0 Å². The molecule has 0 fully saturated rings. The van der Waals surface area contributed by atoms with E-state index in [9.17, 15) is 13.2 Å². The normalized spacial score (nSPS) is 11.2. The van der Waals surface area contributed by atoms with E-state index in [1.54, 1.807) is 48.5 Å². The number of para-hydroxylation sites is 1. The second-order valence-electron chi connectivity index (χ2n) is 7.07. The van der Waals surface area contributed by atoms with Gasteiger partial charge in [0.1, 0.15) is 6.33 Å². The number of thioether (sulfide) groups is 1. The van der Waals surface area contributed by atoms with Crippen molar-refractivity contribution in [3.63, 3.8) is 0 Å². The number of nitrogens with zero attached hydrogens (tertiary/aromatic N) is 3. The highest BCUT2D eigenvalue weighted by Gasteiger charge is 2.21. The van der Waals surface area contributed by atoms with Crippen molar-refractivity contribution < 1.29 is 13.2 Å². The fourth-order valence-electron chi connectivity index (χ4n) is 3.04. The minimum absolute atomic E-state index is 0.0893. The number of H-pyrrole nitrogens is 1. The monoisotopic (exact) mass is 479 g/mol. The highest BCUT2D eigenvalue weighted by molar-refractivity contribution is 7.98.